The molecule has 90 valence electrons. The smallest absolute Gasteiger partial charge is 0.0636 e. The van der Waals surface area contributed by atoms with Crippen LogP contribution in [-0.4, -0.2) is 24.3 Å². The van der Waals surface area contributed by atoms with E-state index in [0.29, 0.717) is 12.5 Å². The lowest BCUT2D eigenvalue weighted by atomic mass is 9.94. The van der Waals surface area contributed by atoms with Crippen molar-refractivity contribution in [3.63, 3.8) is 0 Å². The van der Waals surface area contributed by atoms with Crippen LogP contribution in [0.1, 0.15) is 38.2 Å². The van der Waals surface area contributed by atoms with E-state index in [-0.39, 0.29) is 6.10 Å². The molecule has 0 amide bonds. The average Bonchev–Trinajstić information content (AvgIpc) is 2.29. The lowest BCUT2D eigenvalue weighted by molar-refractivity contribution is 0.190. The van der Waals surface area contributed by atoms with Crippen molar-refractivity contribution in [1.82, 2.24) is 5.32 Å². The molecule has 0 saturated carbocycles. The molecule has 0 fully saturated rings. The summed E-state index contributed by atoms with van der Waals surface area (Å²) in [6, 6.07) is 10.6. The van der Waals surface area contributed by atoms with Gasteiger partial charge in [-0.2, -0.15) is 0 Å². The minimum absolute atomic E-state index is 0.266. The Hall–Kier alpha value is -0.860. The molecule has 1 aromatic rings. The molecule has 1 aromatic carbocycles. The first-order chi connectivity index (χ1) is 7.74. The Kier molecular flexibility index (Phi) is 6.12. The highest BCUT2D eigenvalue weighted by Gasteiger charge is 2.09. The summed E-state index contributed by atoms with van der Waals surface area (Å²) in [5.41, 5.74) is 1.39. The summed E-state index contributed by atoms with van der Waals surface area (Å²) in [7, 11) is 0. The van der Waals surface area contributed by atoms with Crippen LogP contribution in [0.15, 0.2) is 30.3 Å². The minimum Gasteiger partial charge on any atom is -0.392 e. The summed E-state index contributed by atoms with van der Waals surface area (Å²) < 4.78 is 0. The first kappa shape index (κ1) is 13.2. The molecular formula is C14H23NO. The van der Waals surface area contributed by atoms with Crippen molar-refractivity contribution in [3.8, 4) is 0 Å². The van der Waals surface area contributed by atoms with E-state index in [1.807, 2.05) is 6.92 Å². The van der Waals surface area contributed by atoms with Gasteiger partial charge in [-0.05, 0) is 24.8 Å². The summed E-state index contributed by atoms with van der Waals surface area (Å²) >= 11 is 0. The van der Waals surface area contributed by atoms with E-state index < -0.39 is 0 Å². The zero-order valence-electron chi connectivity index (χ0n) is 10.3. The zero-order chi connectivity index (χ0) is 11.8. The van der Waals surface area contributed by atoms with Crippen LogP contribution in [0.4, 0.5) is 0 Å². The quantitative estimate of drug-likeness (QED) is 0.741. The van der Waals surface area contributed by atoms with Gasteiger partial charge in [-0.3, -0.25) is 0 Å². The summed E-state index contributed by atoms with van der Waals surface area (Å²) in [6.07, 6.45) is 2.12. The molecule has 1 rings (SSSR count). The van der Waals surface area contributed by atoms with Gasteiger partial charge in [0.25, 0.3) is 0 Å². The van der Waals surface area contributed by atoms with Crippen molar-refractivity contribution < 1.29 is 5.11 Å². The summed E-state index contributed by atoms with van der Waals surface area (Å²) in [5.74, 6) is 0.560. The standard InChI is InChI=1S/C14H23NO/c1-3-7-14(11-15-10-12(2)16)13-8-5-4-6-9-13/h4-6,8-9,12,14-16H,3,7,10-11H2,1-2H3/t12-,14?/m0/s1. The Morgan fingerprint density at radius 1 is 1.19 bits per heavy atom. The van der Waals surface area contributed by atoms with Gasteiger partial charge in [0.15, 0.2) is 0 Å². The van der Waals surface area contributed by atoms with E-state index in [0.717, 1.165) is 6.54 Å². The van der Waals surface area contributed by atoms with Crippen LogP contribution < -0.4 is 5.32 Å². The SMILES string of the molecule is CCCC(CNC[C@H](C)O)c1ccccc1. The molecule has 0 aromatic heterocycles. The average molecular weight is 221 g/mol. The van der Waals surface area contributed by atoms with Crippen molar-refractivity contribution in [3.05, 3.63) is 35.9 Å². The summed E-state index contributed by atoms with van der Waals surface area (Å²) in [4.78, 5) is 0. The van der Waals surface area contributed by atoms with E-state index in [2.05, 4.69) is 42.6 Å². The van der Waals surface area contributed by atoms with E-state index in [9.17, 15) is 5.11 Å². The van der Waals surface area contributed by atoms with Crippen LogP contribution >= 0.6 is 0 Å². The Morgan fingerprint density at radius 2 is 1.88 bits per heavy atom. The second kappa shape index (κ2) is 7.42. The maximum atomic E-state index is 9.20. The molecule has 0 aliphatic heterocycles. The number of aliphatic hydroxyl groups excluding tert-OH is 1. The van der Waals surface area contributed by atoms with Gasteiger partial charge in [-0.15, -0.1) is 0 Å². The van der Waals surface area contributed by atoms with Crippen LogP contribution in [0.25, 0.3) is 0 Å². The van der Waals surface area contributed by atoms with E-state index in [1.165, 1.54) is 18.4 Å². The predicted octanol–water partition coefficient (Wildman–Crippen LogP) is 2.54. The molecule has 0 saturated heterocycles. The fraction of sp³-hybridized carbons (Fsp3) is 0.571. The Morgan fingerprint density at radius 3 is 2.44 bits per heavy atom. The van der Waals surface area contributed by atoms with Crippen molar-refractivity contribution in [1.29, 1.82) is 0 Å². The molecule has 0 radical (unpaired) electrons. The van der Waals surface area contributed by atoms with E-state index in [4.69, 9.17) is 0 Å². The number of hydrogen-bond acceptors (Lipinski definition) is 2. The minimum atomic E-state index is -0.266. The van der Waals surface area contributed by atoms with Crippen molar-refractivity contribution >= 4 is 0 Å². The zero-order valence-corrected chi connectivity index (χ0v) is 10.3. The topological polar surface area (TPSA) is 32.3 Å². The first-order valence-electron chi connectivity index (χ1n) is 6.17. The van der Waals surface area contributed by atoms with Crippen molar-refractivity contribution in [2.24, 2.45) is 0 Å². The summed E-state index contributed by atoms with van der Waals surface area (Å²) in [6.45, 7) is 5.64. The third kappa shape index (κ3) is 4.77. The van der Waals surface area contributed by atoms with Crippen LogP contribution in [0, 0.1) is 0 Å². The van der Waals surface area contributed by atoms with Crippen LogP contribution in [0.5, 0.6) is 0 Å². The molecule has 2 N–H and O–H groups in total. The maximum Gasteiger partial charge on any atom is 0.0636 e. The predicted molar refractivity (Wildman–Crippen MR) is 68.6 cm³/mol. The molecular weight excluding hydrogens is 198 g/mol. The summed E-state index contributed by atoms with van der Waals surface area (Å²) in [5, 5.41) is 12.5. The maximum absolute atomic E-state index is 9.20. The van der Waals surface area contributed by atoms with Crippen molar-refractivity contribution in [2.45, 2.75) is 38.7 Å². The van der Waals surface area contributed by atoms with E-state index >= 15 is 0 Å². The van der Waals surface area contributed by atoms with Gasteiger partial charge in [0.2, 0.25) is 0 Å². The number of hydrogen-bond donors (Lipinski definition) is 2. The van der Waals surface area contributed by atoms with Gasteiger partial charge in [0.1, 0.15) is 0 Å². The molecule has 16 heavy (non-hydrogen) atoms. The van der Waals surface area contributed by atoms with Crippen LogP contribution in [0.2, 0.25) is 0 Å². The monoisotopic (exact) mass is 221 g/mol. The molecule has 0 bridgehead atoms. The van der Waals surface area contributed by atoms with Crippen LogP contribution in [-0.2, 0) is 0 Å². The first-order valence-corrected chi connectivity index (χ1v) is 6.17. The molecule has 0 spiro atoms. The second-order valence-corrected chi connectivity index (χ2v) is 4.40. The Bertz CT molecular complexity index is 271. The fourth-order valence-electron chi connectivity index (χ4n) is 1.93. The number of benzene rings is 1. The third-order valence-electron chi connectivity index (χ3n) is 2.74. The highest BCUT2D eigenvalue weighted by molar-refractivity contribution is 5.19. The number of rotatable bonds is 7. The molecule has 2 atom stereocenters. The third-order valence-corrected chi connectivity index (χ3v) is 2.74. The van der Waals surface area contributed by atoms with Gasteiger partial charge in [-0.25, -0.2) is 0 Å². The molecule has 0 aliphatic rings. The van der Waals surface area contributed by atoms with Gasteiger partial charge < -0.3 is 10.4 Å². The largest absolute Gasteiger partial charge is 0.392 e. The molecule has 0 heterocycles. The normalized spacial score (nSPS) is 14.7. The van der Waals surface area contributed by atoms with Crippen LogP contribution in [0.3, 0.4) is 0 Å². The van der Waals surface area contributed by atoms with E-state index in [1.54, 1.807) is 0 Å². The number of nitrogens with one attached hydrogen (secondary N) is 1. The fourth-order valence-corrected chi connectivity index (χ4v) is 1.93. The van der Waals surface area contributed by atoms with Gasteiger partial charge in [0.05, 0.1) is 6.10 Å². The molecule has 2 nitrogen and oxygen atoms in total. The molecule has 2 heteroatoms. The highest BCUT2D eigenvalue weighted by Crippen LogP contribution is 2.19. The highest BCUT2D eigenvalue weighted by atomic mass is 16.3. The molecule has 0 aliphatic carbocycles. The lowest BCUT2D eigenvalue weighted by Gasteiger charge is -2.18. The lowest BCUT2D eigenvalue weighted by Crippen LogP contribution is -2.28. The number of aliphatic hydroxyl groups is 1. The van der Waals surface area contributed by atoms with Gasteiger partial charge >= 0.3 is 0 Å². The Balaban J connectivity index is 2.48. The van der Waals surface area contributed by atoms with Gasteiger partial charge in [0, 0.05) is 13.1 Å². The van der Waals surface area contributed by atoms with Crippen molar-refractivity contribution in [2.75, 3.05) is 13.1 Å². The van der Waals surface area contributed by atoms with Gasteiger partial charge in [-0.1, -0.05) is 43.7 Å². The Labute approximate surface area is 98.7 Å². The molecule has 1 unspecified atom stereocenters. The second-order valence-electron chi connectivity index (χ2n) is 4.40.